The van der Waals surface area contributed by atoms with Crippen LogP contribution in [0.2, 0.25) is 0 Å². The summed E-state index contributed by atoms with van der Waals surface area (Å²) in [5.41, 5.74) is 3.16. The lowest BCUT2D eigenvalue weighted by atomic mass is 10.1. The normalized spacial score (nSPS) is 10.9. The van der Waals surface area contributed by atoms with Crippen molar-refractivity contribution in [2.75, 3.05) is 5.32 Å². The molecular formula is C23H17N7O2. The largest absolute Gasteiger partial charge is 0.322 e. The Morgan fingerprint density at radius 3 is 2.53 bits per heavy atom. The third-order valence-corrected chi connectivity index (χ3v) is 4.96. The van der Waals surface area contributed by atoms with Gasteiger partial charge in [-0.2, -0.15) is 9.61 Å². The fourth-order valence-electron chi connectivity index (χ4n) is 3.29. The minimum Gasteiger partial charge on any atom is -0.322 e. The van der Waals surface area contributed by atoms with E-state index in [0.717, 1.165) is 5.56 Å². The Hall–Kier alpha value is -4.66. The van der Waals surface area contributed by atoms with Gasteiger partial charge in [-0.3, -0.25) is 14.6 Å². The Morgan fingerprint density at radius 1 is 0.906 bits per heavy atom. The average molecular weight is 423 g/mol. The lowest BCUT2D eigenvalue weighted by molar-refractivity contribution is 0.102. The SMILES string of the molecule is Cn1cccc(C(=O)Nc2ccc(-c3ccc4nnc(-c5ccccn5)n4n3)cc2)c1=O. The van der Waals surface area contributed by atoms with E-state index < -0.39 is 5.91 Å². The first-order chi connectivity index (χ1) is 15.6. The second kappa shape index (κ2) is 7.88. The lowest BCUT2D eigenvalue weighted by Gasteiger charge is -2.07. The molecule has 156 valence electrons. The molecular weight excluding hydrogens is 406 g/mol. The molecule has 1 amide bonds. The summed E-state index contributed by atoms with van der Waals surface area (Å²) in [5.74, 6) is 0.0961. The van der Waals surface area contributed by atoms with Gasteiger partial charge in [0, 0.05) is 30.7 Å². The second-order valence-corrected chi connectivity index (χ2v) is 7.10. The van der Waals surface area contributed by atoms with E-state index in [1.165, 1.54) is 10.6 Å². The van der Waals surface area contributed by atoms with Crippen molar-refractivity contribution < 1.29 is 4.79 Å². The molecule has 1 aromatic carbocycles. The topological polar surface area (TPSA) is 107 Å². The molecule has 0 atom stereocenters. The van der Waals surface area contributed by atoms with Crippen molar-refractivity contribution in [2.24, 2.45) is 7.05 Å². The Labute approximate surface area is 182 Å². The van der Waals surface area contributed by atoms with E-state index in [2.05, 4.69) is 25.6 Å². The van der Waals surface area contributed by atoms with E-state index in [1.807, 2.05) is 42.5 Å². The van der Waals surface area contributed by atoms with Crippen LogP contribution in [-0.4, -0.2) is 35.3 Å². The van der Waals surface area contributed by atoms with Crippen molar-refractivity contribution in [3.63, 3.8) is 0 Å². The summed E-state index contributed by atoms with van der Waals surface area (Å²) < 4.78 is 3.02. The third-order valence-electron chi connectivity index (χ3n) is 4.96. The molecule has 5 rings (SSSR count). The van der Waals surface area contributed by atoms with Crippen molar-refractivity contribution in [1.82, 2.24) is 29.4 Å². The molecule has 0 aliphatic heterocycles. The number of carbonyl (C=O) groups is 1. The van der Waals surface area contributed by atoms with Crippen molar-refractivity contribution in [3.05, 3.63) is 95.0 Å². The number of aromatic nitrogens is 6. The van der Waals surface area contributed by atoms with Gasteiger partial charge in [-0.15, -0.1) is 10.2 Å². The van der Waals surface area contributed by atoms with Crippen molar-refractivity contribution in [1.29, 1.82) is 0 Å². The average Bonchev–Trinajstić information content (AvgIpc) is 3.25. The van der Waals surface area contributed by atoms with Gasteiger partial charge in [-0.05, 0) is 48.5 Å². The summed E-state index contributed by atoms with van der Waals surface area (Å²) in [6.45, 7) is 0. The molecule has 4 heterocycles. The number of aryl methyl sites for hydroxylation is 1. The summed E-state index contributed by atoms with van der Waals surface area (Å²) in [7, 11) is 1.60. The minimum atomic E-state index is -0.456. The molecule has 4 aromatic heterocycles. The van der Waals surface area contributed by atoms with Gasteiger partial charge in [0.05, 0.1) is 5.69 Å². The Balaban J connectivity index is 1.42. The molecule has 0 unspecified atom stereocenters. The Morgan fingerprint density at radius 2 is 1.75 bits per heavy atom. The molecule has 0 fully saturated rings. The zero-order valence-corrected chi connectivity index (χ0v) is 17.0. The number of rotatable bonds is 4. The number of hydrogen-bond acceptors (Lipinski definition) is 6. The standard InChI is InChI=1S/C23H17N7O2/c1-29-14-4-5-17(23(29)32)22(31)25-16-9-7-15(8-10-16)18-11-12-20-26-27-21(30(20)28-18)19-6-2-3-13-24-19/h2-14H,1H3,(H,25,31). The van der Waals surface area contributed by atoms with Crippen LogP contribution in [-0.2, 0) is 7.05 Å². The van der Waals surface area contributed by atoms with Crippen LogP contribution < -0.4 is 10.9 Å². The summed E-state index contributed by atoms with van der Waals surface area (Å²) >= 11 is 0. The number of hydrogen-bond donors (Lipinski definition) is 1. The first-order valence-electron chi connectivity index (χ1n) is 9.81. The monoisotopic (exact) mass is 423 g/mol. The highest BCUT2D eigenvalue weighted by Gasteiger charge is 2.13. The molecule has 9 heteroatoms. The number of carbonyl (C=O) groups excluding carboxylic acids is 1. The first kappa shape index (κ1) is 19.3. The number of fused-ring (bicyclic) bond motifs is 1. The molecule has 32 heavy (non-hydrogen) atoms. The molecule has 0 saturated carbocycles. The molecule has 0 saturated heterocycles. The smallest absolute Gasteiger partial charge is 0.263 e. The van der Waals surface area contributed by atoms with E-state index in [4.69, 9.17) is 0 Å². The summed E-state index contributed by atoms with van der Waals surface area (Å²) in [5, 5.41) is 15.8. The van der Waals surface area contributed by atoms with Gasteiger partial charge >= 0.3 is 0 Å². The molecule has 0 aliphatic carbocycles. The van der Waals surface area contributed by atoms with Crippen LogP contribution in [0.1, 0.15) is 10.4 Å². The molecule has 0 radical (unpaired) electrons. The van der Waals surface area contributed by atoms with Crippen LogP contribution in [0.15, 0.2) is 83.9 Å². The van der Waals surface area contributed by atoms with Gasteiger partial charge in [0.25, 0.3) is 11.5 Å². The van der Waals surface area contributed by atoms with Crippen molar-refractivity contribution in [2.45, 2.75) is 0 Å². The summed E-state index contributed by atoms with van der Waals surface area (Å²) in [6.07, 6.45) is 3.30. The summed E-state index contributed by atoms with van der Waals surface area (Å²) in [6, 6.07) is 19.6. The van der Waals surface area contributed by atoms with Gasteiger partial charge in [0.15, 0.2) is 5.65 Å². The Kier molecular flexibility index (Phi) is 4.75. The van der Waals surface area contributed by atoms with Gasteiger partial charge in [-0.25, -0.2) is 0 Å². The highest BCUT2D eigenvalue weighted by Crippen LogP contribution is 2.22. The number of amides is 1. The third kappa shape index (κ3) is 3.52. The molecule has 1 N–H and O–H groups in total. The number of nitrogens with zero attached hydrogens (tertiary/aromatic N) is 6. The van der Waals surface area contributed by atoms with Crippen LogP contribution in [0.25, 0.3) is 28.4 Å². The predicted molar refractivity (Wildman–Crippen MR) is 119 cm³/mol. The number of nitrogens with one attached hydrogen (secondary N) is 1. The molecule has 0 spiro atoms. The minimum absolute atomic E-state index is 0.0841. The van der Waals surface area contributed by atoms with E-state index in [-0.39, 0.29) is 11.1 Å². The fourth-order valence-corrected chi connectivity index (χ4v) is 3.29. The van der Waals surface area contributed by atoms with E-state index in [9.17, 15) is 9.59 Å². The highest BCUT2D eigenvalue weighted by atomic mass is 16.2. The summed E-state index contributed by atoms with van der Waals surface area (Å²) in [4.78, 5) is 28.9. The van der Waals surface area contributed by atoms with Crippen molar-refractivity contribution in [3.8, 4) is 22.8 Å². The highest BCUT2D eigenvalue weighted by molar-refractivity contribution is 6.04. The Bertz CT molecular complexity index is 1490. The molecule has 0 bridgehead atoms. The molecule has 0 aliphatic rings. The van der Waals surface area contributed by atoms with Gasteiger partial charge < -0.3 is 9.88 Å². The second-order valence-electron chi connectivity index (χ2n) is 7.10. The zero-order chi connectivity index (χ0) is 22.1. The lowest BCUT2D eigenvalue weighted by Crippen LogP contribution is -2.26. The van der Waals surface area contributed by atoms with Crippen LogP contribution in [0.4, 0.5) is 5.69 Å². The van der Waals surface area contributed by atoms with Crippen LogP contribution in [0, 0.1) is 0 Å². The first-order valence-corrected chi connectivity index (χ1v) is 9.81. The maximum Gasteiger partial charge on any atom is 0.263 e. The van der Waals surface area contributed by atoms with Crippen LogP contribution >= 0.6 is 0 Å². The zero-order valence-electron chi connectivity index (χ0n) is 17.0. The van der Waals surface area contributed by atoms with E-state index in [1.54, 1.807) is 42.2 Å². The van der Waals surface area contributed by atoms with Gasteiger partial charge in [0.2, 0.25) is 5.82 Å². The number of benzene rings is 1. The maximum absolute atomic E-state index is 12.5. The number of pyridine rings is 2. The molecule has 9 nitrogen and oxygen atoms in total. The van der Waals surface area contributed by atoms with Crippen LogP contribution in [0.3, 0.4) is 0 Å². The van der Waals surface area contributed by atoms with E-state index >= 15 is 0 Å². The molecule has 5 aromatic rings. The van der Waals surface area contributed by atoms with Crippen molar-refractivity contribution >= 4 is 17.2 Å². The fraction of sp³-hybridized carbons (Fsp3) is 0.0435. The predicted octanol–water partition coefficient (Wildman–Crippen LogP) is 2.80. The van der Waals surface area contributed by atoms with E-state index in [0.29, 0.717) is 28.5 Å². The van der Waals surface area contributed by atoms with Gasteiger partial charge in [0.1, 0.15) is 11.3 Å². The maximum atomic E-state index is 12.5. The number of anilines is 1. The van der Waals surface area contributed by atoms with Gasteiger partial charge in [-0.1, -0.05) is 18.2 Å². The quantitative estimate of drug-likeness (QED) is 0.476. The van der Waals surface area contributed by atoms with Crippen LogP contribution in [0.5, 0.6) is 0 Å².